The number of methoxy groups -OCH3 is 1. The molecule has 1 atom stereocenters. The first kappa shape index (κ1) is 10.6. The van der Waals surface area contributed by atoms with Gasteiger partial charge >= 0.3 is 5.97 Å². The number of carbonyl (C=O) groups is 1. The molecule has 2 rings (SSSR count). The molecule has 0 radical (unpaired) electrons. The zero-order valence-corrected chi connectivity index (χ0v) is 8.53. The van der Waals surface area contributed by atoms with Crippen LogP contribution >= 0.6 is 0 Å². The van der Waals surface area contributed by atoms with Crippen molar-refractivity contribution in [2.45, 2.75) is 6.10 Å². The van der Waals surface area contributed by atoms with E-state index in [0.29, 0.717) is 10.9 Å². The molecule has 0 aliphatic heterocycles. The van der Waals surface area contributed by atoms with Gasteiger partial charge in [-0.3, -0.25) is 0 Å². The van der Waals surface area contributed by atoms with Gasteiger partial charge in [-0.25, -0.2) is 9.18 Å². The number of hydrogen-bond donors (Lipinski definition) is 2. The van der Waals surface area contributed by atoms with Gasteiger partial charge in [0.2, 0.25) is 0 Å². The maximum absolute atomic E-state index is 13.3. The molecule has 0 amide bonds. The van der Waals surface area contributed by atoms with Gasteiger partial charge in [0.1, 0.15) is 5.82 Å². The molecular weight excluding hydrogens is 213 g/mol. The Morgan fingerprint density at radius 2 is 2.31 bits per heavy atom. The predicted molar refractivity (Wildman–Crippen MR) is 55.2 cm³/mol. The van der Waals surface area contributed by atoms with E-state index in [2.05, 4.69) is 9.72 Å². The molecule has 0 fully saturated rings. The summed E-state index contributed by atoms with van der Waals surface area (Å²) < 4.78 is 17.7. The second-order valence-corrected chi connectivity index (χ2v) is 3.35. The Labute approximate surface area is 90.7 Å². The summed E-state index contributed by atoms with van der Waals surface area (Å²) >= 11 is 0. The van der Waals surface area contributed by atoms with E-state index in [-0.39, 0.29) is 5.69 Å². The fourth-order valence-corrected chi connectivity index (χ4v) is 1.53. The molecule has 2 aromatic rings. The van der Waals surface area contributed by atoms with Crippen molar-refractivity contribution >= 4 is 16.9 Å². The van der Waals surface area contributed by atoms with Crippen LogP contribution in [0.2, 0.25) is 0 Å². The van der Waals surface area contributed by atoms with Crippen molar-refractivity contribution in [3.05, 3.63) is 35.8 Å². The van der Waals surface area contributed by atoms with E-state index in [1.54, 1.807) is 12.1 Å². The van der Waals surface area contributed by atoms with E-state index in [0.717, 1.165) is 0 Å². The first-order chi connectivity index (χ1) is 7.63. The summed E-state index contributed by atoms with van der Waals surface area (Å²) in [5.41, 5.74) is 0.741. The van der Waals surface area contributed by atoms with Gasteiger partial charge < -0.3 is 14.8 Å². The molecule has 5 heteroatoms. The van der Waals surface area contributed by atoms with Crippen LogP contribution < -0.4 is 0 Å². The summed E-state index contributed by atoms with van der Waals surface area (Å²) in [6.45, 7) is 0. The van der Waals surface area contributed by atoms with Crippen molar-refractivity contribution in [2.24, 2.45) is 0 Å². The number of benzene rings is 1. The van der Waals surface area contributed by atoms with Crippen molar-refractivity contribution in [1.29, 1.82) is 0 Å². The van der Waals surface area contributed by atoms with Crippen LogP contribution in [0.25, 0.3) is 10.9 Å². The Morgan fingerprint density at radius 3 is 2.94 bits per heavy atom. The quantitative estimate of drug-likeness (QED) is 0.758. The molecule has 0 aliphatic rings. The number of ether oxygens (including phenoxy) is 1. The van der Waals surface area contributed by atoms with E-state index in [4.69, 9.17) is 0 Å². The zero-order chi connectivity index (χ0) is 11.7. The molecule has 0 aliphatic carbocycles. The minimum absolute atomic E-state index is 0.215. The summed E-state index contributed by atoms with van der Waals surface area (Å²) in [4.78, 5) is 13.8. The Bertz CT molecular complexity index is 535. The number of carbonyl (C=O) groups excluding carboxylic acids is 1. The molecule has 1 heterocycles. The molecule has 1 aromatic heterocycles. The van der Waals surface area contributed by atoms with Gasteiger partial charge in [0.05, 0.1) is 12.8 Å². The lowest BCUT2D eigenvalue weighted by molar-refractivity contribution is -0.150. The van der Waals surface area contributed by atoms with Gasteiger partial charge in [0.25, 0.3) is 0 Å². The van der Waals surface area contributed by atoms with Crippen LogP contribution in [0.15, 0.2) is 24.3 Å². The molecular formula is C11H10FNO3. The highest BCUT2D eigenvalue weighted by Crippen LogP contribution is 2.22. The summed E-state index contributed by atoms with van der Waals surface area (Å²) in [6, 6.07) is 5.91. The van der Waals surface area contributed by atoms with E-state index in [1.807, 2.05) is 0 Å². The number of halogens is 1. The Hall–Kier alpha value is -1.88. The molecule has 2 N–H and O–H groups in total. The van der Waals surface area contributed by atoms with Gasteiger partial charge in [-0.15, -0.1) is 0 Å². The monoisotopic (exact) mass is 223 g/mol. The van der Waals surface area contributed by atoms with Crippen molar-refractivity contribution in [3.63, 3.8) is 0 Å². The van der Waals surface area contributed by atoms with Crippen LogP contribution in [-0.2, 0) is 9.53 Å². The Kier molecular flexibility index (Phi) is 2.62. The van der Waals surface area contributed by atoms with Gasteiger partial charge in [-0.2, -0.15) is 0 Å². The summed E-state index contributed by atoms with van der Waals surface area (Å²) in [6.07, 6.45) is -1.42. The first-order valence-electron chi connectivity index (χ1n) is 4.66. The van der Waals surface area contributed by atoms with Crippen molar-refractivity contribution in [3.8, 4) is 0 Å². The van der Waals surface area contributed by atoms with E-state index >= 15 is 0 Å². The lowest BCUT2D eigenvalue weighted by Gasteiger charge is -2.04. The fourth-order valence-electron chi connectivity index (χ4n) is 1.53. The van der Waals surface area contributed by atoms with Crippen LogP contribution in [-0.4, -0.2) is 23.2 Å². The number of aromatic nitrogens is 1. The largest absolute Gasteiger partial charge is 0.467 e. The standard InChI is InChI=1S/C11H10FNO3/c1-16-11(15)10(14)9-5-6-7(12)3-2-4-8(6)13-9/h2-5,10,13-14H,1H3. The normalized spacial score (nSPS) is 12.7. The van der Waals surface area contributed by atoms with E-state index < -0.39 is 17.9 Å². The van der Waals surface area contributed by atoms with Crippen LogP contribution in [0, 0.1) is 5.82 Å². The highest BCUT2D eigenvalue weighted by Gasteiger charge is 2.20. The Balaban J connectivity index is 2.47. The predicted octanol–water partition coefficient (Wildman–Crippen LogP) is 1.51. The molecule has 0 saturated carbocycles. The fraction of sp³-hybridized carbons (Fsp3) is 0.182. The molecule has 1 aromatic carbocycles. The van der Waals surface area contributed by atoms with E-state index in [9.17, 15) is 14.3 Å². The van der Waals surface area contributed by atoms with Gasteiger partial charge in [-0.1, -0.05) is 6.07 Å². The number of aromatic amines is 1. The maximum Gasteiger partial charge on any atom is 0.340 e. The number of fused-ring (bicyclic) bond motifs is 1. The maximum atomic E-state index is 13.3. The van der Waals surface area contributed by atoms with E-state index in [1.165, 1.54) is 19.2 Å². The van der Waals surface area contributed by atoms with Gasteiger partial charge in [0, 0.05) is 10.9 Å². The van der Waals surface area contributed by atoms with Crippen molar-refractivity contribution in [2.75, 3.05) is 7.11 Å². The highest BCUT2D eigenvalue weighted by molar-refractivity contribution is 5.84. The molecule has 0 bridgehead atoms. The number of aliphatic hydroxyl groups excluding tert-OH is 1. The second-order valence-electron chi connectivity index (χ2n) is 3.35. The highest BCUT2D eigenvalue weighted by atomic mass is 19.1. The molecule has 0 saturated heterocycles. The number of esters is 1. The smallest absolute Gasteiger partial charge is 0.340 e. The van der Waals surface area contributed by atoms with Crippen molar-refractivity contribution in [1.82, 2.24) is 4.98 Å². The first-order valence-corrected chi connectivity index (χ1v) is 4.66. The third-order valence-electron chi connectivity index (χ3n) is 2.35. The summed E-state index contributed by atoms with van der Waals surface area (Å²) in [5, 5.41) is 9.89. The lowest BCUT2D eigenvalue weighted by atomic mass is 10.2. The average Bonchev–Trinajstić information content (AvgIpc) is 2.72. The van der Waals surface area contributed by atoms with Crippen LogP contribution in [0.3, 0.4) is 0 Å². The average molecular weight is 223 g/mol. The Morgan fingerprint density at radius 1 is 1.56 bits per heavy atom. The van der Waals surface area contributed by atoms with Gasteiger partial charge in [0.15, 0.2) is 6.10 Å². The third kappa shape index (κ3) is 1.65. The topological polar surface area (TPSA) is 62.3 Å². The zero-order valence-electron chi connectivity index (χ0n) is 8.53. The summed E-state index contributed by atoms with van der Waals surface area (Å²) in [5.74, 6) is -1.19. The minimum Gasteiger partial charge on any atom is -0.467 e. The van der Waals surface area contributed by atoms with Crippen molar-refractivity contribution < 1.29 is 19.0 Å². The molecule has 16 heavy (non-hydrogen) atoms. The third-order valence-corrected chi connectivity index (χ3v) is 2.35. The number of rotatable bonds is 2. The molecule has 1 unspecified atom stereocenters. The molecule has 4 nitrogen and oxygen atoms in total. The molecule has 84 valence electrons. The minimum atomic E-state index is -1.42. The summed E-state index contributed by atoms with van der Waals surface area (Å²) in [7, 11) is 1.18. The second kappa shape index (κ2) is 3.94. The SMILES string of the molecule is COC(=O)C(O)c1cc2c(F)cccc2[nH]1. The van der Waals surface area contributed by atoms with Crippen LogP contribution in [0.4, 0.5) is 4.39 Å². The number of H-pyrrole nitrogens is 1. The molecule has 0 spiro atoms. The number of aliphatic hydroxyl groups is 1. The van der Waals surface area contributed by atoms with Gasteiger partial charge in [-0.05, 0) is 18.2 Å². The number of nitrogens with one attached hydrogen (secondary N) is 1. The van der Waals surface area contributed by atoms with Crippen LogP contribution in [0.1, 0.15) is 11.8 Å². The lowest BCUT2D eigenvalue weighted by Crippen LogP contribution is -2.13. The van der Waals surface area contributed by atoms with Crippen LogP contribution in [0.5, 0.6) is 0 Å². The number of hydrogen-bond acceptors (Lipinski definition) is 3.